The zero-order chi connectivity index (χ0) is 13.7. The molecule has 0 aliphatic rings. The van der Waals surface area contributed by atoms with Gasteiger partial charge in [0.2, 0.25) is 0 Å². The van der Waals surface area contributed by atoms with Crippen molar-refractivity contribution in [2.45, 2.75) is 13.5 Å². The fourth-order valence-electron chi connectivity index (χ4n) is 1.35. The Labute approximate surface area is 123 Å². The van der Waals surface area contributed by atoms with Crippen molar-refractivity contribution in [3.8, 4) is 5.75 Å². The molecule has 0 radical (unpaired) electrons. The Morgan fingerprint density at radius 1 is 1.37 bits per heavy atom. The summed E-state index contributed by atoms with van der Waals surface area (Å²) in [6, 6.07) is 7.54. The van der Waals surface area contributed by atoms with Crippen LogP contribution in [0.25, 0.3) is 0 Å². The van der Waals surface area contributed by atoms with E-state index in [0.29, 0.717) is 18.9 Å². The van der Waals surface area contributed by atoms with E-state index in [0.717, 1.165) is 15.2 Å². The second-order valence-corrected chi connectivity index (χ2v) is 5.45. The third-order valence-electron chi connectivity index (χ3n) is 2.21. The van der Waals surface area contributed by atoms with E-state index in [2.05, 4.69) is 20.9 Å². The van der Waals surface area contributed by atoms with Gasteiger partial charge in [0.15, 0.2) is 5.69 Å². The summed E-state index contributed by atoms with van der Waals surface area (Å²) in [6.45, 7) is 2.45. The van der Waals surface area contributed by atoms with Crippen LogP contribution in [0.5, 0.6) is 5.75 Å². The maximum atomic E-state index is 11.4. The number of aromatic nitrogens is 1. The van der Waals surface area contributed by atoms with Crippen LogP contribution >= 0.6 is 27.3 Å². The molecular formula is C13H12BrNO3S. The minimum absolute atomic E-state index is 0.334. The van der Waals surface area contributed by atoms with Crippen LogP contribution in [-0.4, -0.2) is 17.6 Å². The molecule has 19 heavy (non-hydrogen) atoms. The van der Waals surface area contributed by atoms with Gasteiger partial charge >= 0.3 is 5.97 Å². The number of halogens is 1. The van der Waals surface area contributed by atoms with Gasteiger partial charge in [0.1, 0.15) is 17.4 Å². The van der Waals surface area contributed by atoms with Gasteiger partial charge in [0, 0.05) is 9.85 Å². The van der Waals surface area contributed by atoms with E-state index in [1.165, 1.54) is 11.3 Å². The first-order chi connectivity index (χ1) is 9.19. The van der Waals surface area contributed by atoms with Gasteiger partial charge < -0.3 is 9.47 Å². The molecule has 1 aromatic heterocycles. The number of hydrogen-bond acceptors (Lipinski definition) is 5. The zero-order valence-electron chi connectivity index (χ0n) is 10.3. The number of thiazole rings is 1. The van der Waals surface area contributed by atoms with E-state index in [-0.39, 0.29) is 0 Å². The molecule has 1 heterocycles. The lowest BCUT2D eigenvalue weighted by Crippen LogP contribution is -2.05. The largest absolute Gasteiger partial charge is 0.486 e. The van der Waals surface area contributed by atoms with Gasteiger partial charge in [0.05, 0.1) is 6.61 Å². The molecular weight excluding hydrogens is 330 g/mol. The minimum Gasteiger partial charge on any atom is -0.486 e. The molecule has 100 valence electrons. The Bertz CT molecular complexity index is 553. The fraction of sp³-hybridized carbons (Fsp3) is 0.231. The van der Waals surface area contributed by atoms with Crippen molar-refractivity contribution in [1.29, 1.82) is 0 Å². The first kappa shape index (κ1) is 14.0. The topological polar surface area (TPSA) is 48.4 Å². The predicted molar refractivity (Wildman–Crippen MR) is 76.5 cm³/mol. The van der Waals surface area contributed by atoms with Gasteiger partial charge in [-0.15, -0.1) is 11.3 Å². The molecule has 0 atom stereocenters. The monoisotopic (exact) mass is 341 g/mol. The molecule has 0 unspecified atom stereocenters. The normalized spacial score (nSPS) is 10.2. The molecule has 6 heteroatoms. The average Bonchev–Trinajstić information content (AvgIpc) is 2.87. The van der Waals surface area contributed by atoms with Crippen molar-refractivity contribution < 1.29 is 14.3 Å². The number of rotatable bonds is 5. The summed E-state index contributed by atoms with van der Waals surface area (Å²) < 4.78 is 11.5. The van der Waals surface area contributed by atoms with E-state index < -0.39 is 5.97 Å². The lowest BCUT2D eigenvalue weighted by atomic mass is 10.3. The number of carbonyl (C=O) groups excluding carboxylic acids is 1. The fourth-order valence-corrected chi connectivity index (χ4v) is 2.29. The highest BCUT2D eigenvalue weighted by molar-refractivity contribution is 9.10. The molecule has 1 aromatic carbocycles. The number of carbonyl (C=O) groups is 1. The van der Waals surface area contributed by atoms with Gasteiger partial charge in [0.25, 0.3) is 0 Å². The van der Waals surface area contributed by atoms with E-state index in [9.17, 15) is 4.79 Å². The Kier molecular flexibility index (Phi) is 4.93. The summed E-state index contributed by atoms with van der Waals surface area (Å²) in [7, 11) is 0. The summed E-state index contributed by atoms with van der Waals surface area (Å²) in [6.07, 6.45) is 0. The van der Waals surface area contributed by atoms with Crippen LogP contribution in [0, 0.1) is 0 Å². The van der Waals surface area contributed by atoms with E-state index >= 15 is 0 Å². The maximum Gasteiger partial charge on any atom is 0.357 e. The standard InChI is InChI=1S/C13H12BrNO3S/c1-2-17-13(16)11-8-19-12(15-11)7-18-10-5-3-9(14)4-6-10/h3-6,8H,2,7H2,1H3. The van der Waals surface area contributed by atoms with E-state index in [1.807, 2.05) is 24.3 Å². The van der Waals surface area contributed by atoms with Crippen molar-refractivity contribution in [1.82, 2.24) is 4.98 Å². The molecule has 0 spiro atoms. The van der Waals surface area contributed by atoms with Crippen LogP contribution < -0.4 is 4.74 Å². The first-order valence-electron chi connectivity index (χ1n) is 5.69. The molecule has 0 saturated carbocycles. The molecule has 0 bridgehead atoms. The second kappa shape index (κ2) is 6.68. The molecule has 0 fully saturated rings. The van der Waals surface area contributed by atoms with Crippen LogP contribution in [0.4, 0.5) is 0 Å². The summed E-state index contributed by atoms with van der Waals surface area (Å²) >= 11 is 4.74. The summed E-state index contributed by atoms with van der Waals surface area (Å²) in [4.78, 5) is 15.6. The second-order valence-electron chi connectivity index (χ2n) is 3.59. The van der Waals surface area contributed by atoms with Crippen LogP contribution in [-0.2, 0) is 11.3 Å². The molecule has 4 nitrogen and oxygen atoms in total. The maximum absolute atomic E-state index is 11.4. The average molecular weight is 342 g/mol. The highest BCUT2D eigenvalue weighted by atomic mass is 79.9. The van der Waals surface area contributed by atoms with Crippen LogP contribution in [0.3, 0.4) is 0 Å². The lowest BCUT2D eigenvalue weighted by molar-refractivity contribution is 0.0520. The van der Waals surface area contributed by atoms with Crippen molar-refractivity contribution in [2.75, 3.05) is 6.61 Å². The minimum atomic E-state index is -0.395. The zero-order valence-corrected chi connectivity index (χ0v) is 12.7. The SMILES string of the molecule is CCOC(=O)c1csc(COc2ccc(Br)cc2)n1. The quantitative estimate of drug-likeness (QED) is 0.778. The van der Waals surface area contributed by atoms with Gasteiger partial charge in [-0.3, -0.25) is 0 Å². The number of hydrogen-bond donors (Lipinski definition) is 0. The van der Waals surface area contributed by atoms with Gasteiger partial charge in [-0.25, -0.2) is 9.78 Å². The molecule has 0 saturated heterocycles. The van der Waals surface area contributed by atoms with Crippen molar-refractivity contribution in [2.24, 2.45) is 0 Å². The highest BCUT2D eigenvalue weighted by Gasteiger charge is 2.11. The number of nitrogens with zero attached hydrogens (tertiary/aromatic N) is 1. The lowest BCUT2D eigenvalue weighted by Gasteiger charge is -2.03. The smallest absolute Gasteiger partial charge is 0.357 e. The molecule has 2 aromatic rings. The van der Waals surface area contributed by atoms with Crippen molar-refractivity contribution in [3.63, 3.8) is 0 Å². The van der Waals surface area contributed by atoms with Crippen molar-refractivity contribution >= 4 is 33.2 Å². The summed E-state index contributed by atoms with van der Waals surface area (Å²) in [5.41, 5.74) is 0.334. The molecule has 0 aliphatic heterocycles. The Morgan fingerprint density at radius 2 is 2.11 bits per heavy atom. The Hall–Kier alpha value is -1.40. The van der Waals surface area contributed by atoms with Crippen molar-refractivity contribution in [3.05, 3.63) is 44.8 Å². The Balaban J connectivity index is 1.93. The number of ether oxygens (including phenoxy) is 2. The van der Waals surface area contributed by atoms with Crippen LogP contribution in [0.2, 0.25) is 0 Å². The third kappa shape index (κ3) is 4.04. The van der Waals surface area contributed by atoms with E-state index in [4.69, 9.17) is 9.47 Å². The molecule has 0 N–H and O–H groups in total. The number of benzene rings is 1. The van der Waals surface area contributed by atoms with Gasteiger partial charge in [-0.2, -0.15) is 0 Å². The predicted octanol–water partition coefficient (Wildman–Crippen LogP) is 3.66. The first-order valence-corrected chi connectivity index (χ1v) is 7.36. The van der Waals surface area contributed by atoms with Gasteiger partial charge in [-0.1, -0.05) is 15.9 Å². The van der Waals surface area contributed by atoms with E-state index in [1.54, 1.807) is 12.3 Å². The molecule has 2 rings (SSSR count). The Morgan fingerprint density at radius 3 is 2.79 bits per heavy atom. The highest BCUT2D eigenvalue weighted by Crippen LogP contribution is 2.18. The van der Waals surface area contributed by atoms with Crippen LogP contribution in [0.15, 0.2) is 34.1 Å². The molecule has 0 aliphatic carbocycles. The third-order valence-corrected chi connectivity index (χ3v) is 3.56. The molecule has 0 amide bonds. The van der Waals surface area contributed by atoms with Crippen LogP contribution in [0.1, 0.15) is 22.4 Å². The number of esters is 1. The van der Waals surface area contributed by atoms with Gasteiger partial charge in [-0.05, 0) is 31.2 Å². The summed E-state index contributed by atoms with van der Waals surface area (Å²) in [5, 5.41) is 2.42. The summed E-state index contributed by atoms with van der Waals surface area (Å²) in [5.74, 6) is 0.365.